The number of aliphatic hydroxyl groups is 2. The topological polar surface area (TPSA) is 107 Å². The van der Waals surface area contributed by atoms with Crippen molar-refractivity contribution >= 4 is 28.1 Å². The Morgan fingerprint density at radius 2 is 2.12 bits per heavy atom. The van der Waals surface area contributed by atoms with Gasteiger partial charge in [-0.25, -0.2) is 4.98 Å². The fraction of sp³-hybridized carbons (Fsp3) is 0.625. The number of nitrogens with zero attached hydrogens (tertiary/aromatic N) is 2. The lowest BCUT2D eigenvalue weighted by Gasteiger charge is -2.58. The zero-order valence-electron chi connectivity index (χ0n) is 18.7. The van der Waals surface area contributed by atoms with E-state index in [1.807, 2.05) is 19.1 Å². The third-order valence-corrected chi connectivity index (χ3v) is 9.15. The summed E-state index contributed by atoms with van der Waals surface area (Å²) in [5.41, 5.74) is 1.06. The minimum absolute atomic E-state index is 0.0472. The van der Waals surface area contributed by atoms with Gasteiger partial charge in [0.2, 0.25) is 5.91 Å². The first-order chi connectivity index (χ1) is 15.3. The Bertz CT molecular complexity index is 994. The van der Waals surface area contributed by atoms with E-state index in [4.69, 9.17) is 4.98 Å². The van der Waals surface area contributed by atoms with Crippen molar-refractivity contribution in [1.29, 1.82) is 0 Å². The Kier molecular flexibility index (Phi) is 5.50. The second-order valence-electron chi connectivity index (χ2n) is 10.3. The molecule has 5 rings (SSSR count). The van der Waals surface area contributed by atoms with Gasteiger partial charge in [0.25, 0.3) is 0 Å². The predicted octanol–water partition coefficient (Wildman–Crippen LogP) is 3.37. The molecule has 3 aliphatic carbocycles. The standard InChI is InChI=1S/C24H32N4O3S/c1-23-8-7-19(30)24(2,13-29)18(23)11-17-21(16(23)10-20(31)26-14-5-6-14)28-22(32-17)27-15-4-3-9-25-12-15/h3-4,9,12,14,16,18-19,29-30H,5-8,10-11,13H2,1-2H3,(H,26,31)(H,27,28). The predicted molar refractivity (Wildman–Crippen MR) is 124 cm³/mol. The number of thiazole rings is 1. The lowest BCUT2D eigenvalue weighted by Crippen LogP contribution is -2.57. The SMILES string of the molecule is CC1(CO)C(O)CCC2(C)C(CC(=O)NC3CC3)c3nc(Nc4cccnc4)sc3CC12. The number of nitrogens with one attached hydrogen (secondary N) is 2. The van der Waals surface area contributed by atoms with Crippen LogP contribution in [0.4, 0.5) is 10.8 Å². The van der Waals surface area contributed by atoms with Crippen molar-refractivity contribution in [2.75, 3.05) is 11.9 Å². The van der Waals surface area contributed by atoms with Gasteiger partial charge in [-0.1, -0.05) is 13.8 Å². The minimum Gasteiger partial charge on any atom is -0.396 e. The van der Waals surface area contributed by atoms with Crippen molar-refractivity contribution in [3.8, 4) is 0 Å². The molecule has 0 radical (unpaired) electrons. The summed E-state index contributed by atoms with van der Waals surface area (Å²) in [6.07, 6.45) is 7.67. The van der Waals surface area contributed by atoms with Gasteiger partial charge in [0, 0.05) is 34.9 Å². The Morgan fingerprint density at radius 3 is 2.81 bits per heavy atom. The van der Waals surface area contributed by atoms with Gasteiger partial charge in [-0.15, -0.1) is 11.3 Å². The van der Waals surface area contributed by atoms with E-state index in [0.717, 1.165) is 47.1 Å². The normalized spacial score (nSPS) is 33.8. The molecule has 2 aromatic heterocycles. The lowest BCUT2D eigenvalue weighted by atomic mass is 9.47. The molecule has 172 valence electrons. The molecule has 0 aromatic carbocycles. The number of hydrogen-bond donors (Lipinski definition) is 4. The number of rotatable bonds is 6. The molecular formula is C24H32N4O3S. The van der Waals surface area contributed by atoms with E-state index in [1.54, 1.807) is 23.7 Å². The van der Waals surface area contributed by atoms with Gasteiger partial charge in [0.05, 0.1) is 30.3 Å². The van der Waals surface area contributed by atoms with Crippen LogP contribution in [-0.2, 0) is 11.2 Å². The Morgan fingerprint density at radius 1 is 1.31 bits per heavy atom. The largest absolute Gasteiger partial charge is 0.396 e. The zero-order chi connectivity index (χ0) is 22.5. The Hall–Kier alpha value is -2.03. The van der Waals surface area contributed by atoms with Gasteiger partial charge in [0.1, 0.15) is 0 Å². The molecule has 3 aliphatic rings. The highest BCUT2D eigenvalue weighted by Crippen LogP contribution is 2.62. The summed E-state index contributed by atoms with van der Waals surface area (Å²) in [5.74, 6) is 0.104. The highest BCUT2D eigenvalue weighted by molar-refractivity contribution is 7.15. The number of carbonyl (C=O) groups excluding carboxylic acids is 1. The van der Waals surface area contributed by atoms with E-state index in [1.165, 1.54) is 0 Å². The van der Waals surface area contributed by atoms with Gasteiger partial charge in [-0.3, -0.25) is 9.78 Å². The molecule has 1 amide bonds. The summed E-state index contributed by atoms with van der Waals surface area (Å²) in [5, 5.41) is 28.5. The van der Waals surface area contributed by atoms with Crippen molar-refractivity contribution < 1.29 is 15.0 Å². The van der Waals surface area contributed by atoms with Crippen LogP contribution in [0.25, 0.3) is 0 Å². The Labute approximate surface area is 192 Å². The number of anilines is 2. The maximum atomic E-state index is 12.9. The first kappa shape index (κ1) is 21.8. The Balaban J connectivity index is 1.52. The molecule has 5 atom stereocenters. The minimum atomic E-state index is -0.600. The summed E-state index contributed by atoms with van der Waals surface area (Å²) in [6, 6.07) is 4.15. The second-order valence-corrected chi connectivity index (χ2v) is 11.4. The number of aliphatic hydroxyl groups excluding tert-OH is 2. The maximum Gasteiger partial charge on any atom is 0.220 e. The number of carbonyl (C=O) groups is 1. The smallest absolute Gasteiger partial charge is 0.220 e. The molecule has 2 saturated carbocycles. The maximum absolute atomic E-state index is 12.9. The molecule has 0 bridgehead atoms. The molecule has 32 heavy (non-hydrogen) atoms. The zero-order valence-corrected chi connectivity index (χ0v) is 19.5. The summed E-state index contributed by atoms with van der Waals surface area (Å²) in [7, 11) is 0. The van der Waals surface area contributed by atoms with Gasteiger partial charge in [-0.05, 0) is 55.6 Å². The number of fused-ring (bicyclic) bond motifs is 2. The second kappa shape index (κ2) is 8.08. The van der Waals surface area contributed by atoms with Crippen LogP contribution in [-0.4, -0.2) is 44.8 Å². The van der Waals surface area contributed by atoms with Crippen molar-refractivity contribution in [2.45, 2.75) is 70.4 Å². The van der Waals surface area contributed by atoms with Crippen LogP contribution in [0.15, 0.2) is 24.5 Å². The van der Waals surface area contributed by atoms with E-state index in [9.17, 15) is 15.0 Å². The van der Waals surface area contributed by atoms with Crippen molar-refractivity contribution in [3.05, 3.63) is 35.1 Å². The first-order valence-corrected chi connectivity index (χ1v) is 12.4. The van der Waals surface area contributed by atoms with Crippen molar-refractivity contribution in [1.82, 2.24) is 15.3 Å². The van der Waals surface area contributed by atoms with Crippen LogP contribution in [0, 0.1) is 16.7 Å². The molecule has 0 spiro atoms. The molecule has 2 aromatic rings. The van der Waals surface area contributed by atoms with Gasteiger partial charge in [0.15, 0.2) is 5.13 Å². The van der Waals surface area contributed by atoms with Crippen LogP contribution in [0.3, 0.4) is 0 Å². The van der Waals surface area contributed by atoms with Crippen molar-refractivity contribution in [2.24, 2.45) is 16.7 Å². The van der Waals surface area contributed by atoms with Crippen LogP contribution in [0.5, 0.6) is 0 Å². The first-order valence-electron chi connectivity index (χ1n) is 11.6. The fourth-order valence-electron chi connectivity index (χ4n) is 5.96. The van der Waals surface area contributed by atoms with Crippen LogP contribution < -0.4 is 10.6 Å². The van der Waals surface area contributed by atoms with E-state index < -0.39 is 11.5 Å². The number of amides is 1. The van der Waals surface area contributed by atoms with Crippen LogP contribution in [0.1, 0.15) is 62.4 Å². The monoisotopic (exact) mass is 456 g/mol. The lowest BCUT2D eigenvalue weighted by molar-refractivity contribution is -0.144. The van der Waals surface area contributed by atoms with E-state index in [-0.39, 0.29) is 29.8 Å². The molecule has 2 fully saturated rings. The molecular weight excluding hydrogens is 424 g/mol. The average Bonchev–Trinajstić information content (AvgIpc) is 3.50. The van der Waals surface area contributed by atoms with Gasteiger partial charge >= 0.3 is 0 Å². The third-order valence-electron chi connectivity index (χ3n) is 8.14. The number of hydrogen-bond acceptors (Lipinski definition) is 7. The molecule has 0 aliphatic heterocycles. The van der Waals surface area contributed by atoms with Crippen molar-refractivity contribution in [3.63, 3.8) is 0 Å². The van der Waals surface area contributed by atoms with Gasteiger partial charge < -0.3 is 20.8 Å². The number of pyridine rings is 1. The molecule has 2 heterocycles. The summed E-state index contributed by atoms with van der Waals surface area (Å²) in [4.78, 5) is 23.2. The summed E-state index contributed by atoms with van der Waals surface area (Å²) < 4.78 is 0. The molecule has 8 heteroatoms. The van der Waals surface area contributed by atoms with Crippen LogP contribution in [0.2, 0.25) is 0 Å². The van der Waals surface area contributed by atoms with Gasteiger partial charge in [-0.2, -0.15) is 0 Å². The van der Waals surface area contributed by atoms with E-state index >= 15 is 0 Å². The highest BCUT2D eigenvalue weighted by Gasteiger charge is 2.59. The fourth-order valence-corrected chi connectivity index (χ4v) is 7.05. The average molecular weight is 457 g/mol. The number of aromatic nitrogens is 2. The summed E-state index contributed by atoms with van der Waals surface area (Å²) in [6.45, 7) is 4.18. The van der Waals surface area contributed by atoms with E-state index in [2.05, 4.69) is 22.5 Å². The molecule has 4 N–H and O–H groups in total. The van der Waals surface area contributed by atoms with E-state index in [0.29, 0.717) is 18.9 Å². The molecule has 5 unspecified atom stereocenters. The quantitative estimate of drug-likeness (QED) is 0.531. The summed E-state index contributed by atoms with van der Waals surface area (Å²) >= 11 is 1.61. The molecule has 7 nitrogen and oxygen atoms in total. The van der Waals surface area contributed by atoms with Crippen LogP contribution >= 0.6 is 11.3 Å². The molecule has 0 saturated heterocycles. The highest BCUT2D eigenvalue weighted by atomic mass is 32.1. The third kappa shape index (κ3) is 3.72.